The zero-order valence-electron chi connectivity index (χ0n) is 10.8. The molecule has 1 saturated carbocycles. The van der Waals surface area contributed by atoms with Gasteiger partial charge in [-0.25, -0.2) is 0 Å². The molecule has 0 atom stereocenters. The topological polar surface area (TPSA) is 46.5 Å². The molecule has 2 rings (SSSR count). The van der Waals surface area contributed by atoms with E-state index in [2.05, 4.69) is 6.92 Å². The number of hydrogen-bond donors (Lipinski definition) is 1. The van der Waals surface area contributed by atoms with Crippen LogP contribution in [0.1, 0.15) is 44.6 Å². The van der Waals surface area contributed by atoms with E-state index in [0.29, 0.717) is 32.3 Å². The Morgan fingerprint density at radius 1 is 1.33 bits per heavy atom. The summed E-state index contributed by atoms with van der Waals surface area (Å²) in [5.41, 5.74) is 0.00283. The summed E-state index contributed by atoms with van der Waals surface area (Å²) >= 11 is 0. The third-order valence-electron chi connectivity index (χ3n) is 3.48. The Labute approximate surface area is 108 Å². The molecule has 0 aromatic heterocycles. The second-order valence-electron chi connectivity index (χ2n) is 4.95. The SMILES string of the molecule is CCCOc1cccc(C2(O)CCC(=O)CC2)c1. The van der Waals surface area contributed by atoms with Crippen LogP contribution in [0.3, 0.4) is 0 Å². The van der Waals surface area contributed by atoms with E-state index in [1.165, 1.54) is 0 Å². The molecule has 0 spiro atoms. The van der Waals surface area contributed by atoms with Crippen LogP contribution in [0.15, 0.2) is 24.3 Å². The Balaban J connectivity index is 2.14. The number of hydrogen-bond acceptors (Lipinski definition) is 3. The zero-order valence-corrected chi connectivity index (χ0v) is 10.8. The quantitative estimate of drug-likeness (QED) is 0.891. The molecule has 1 fully saturated rings. The predicted octanol–water partition coefficient (Wildman–Crippen LogP) is 2.81. The first-order valence-electron chi connectivity index (χ1n) is 6.61. The van der Waals surface area contributed by atoms with Crippen molar-refractivity contribution in [1.29, 1.82) is 0 Å². The molecule has 98 valence electrons. The number of benzene rings is 1. The maximum Gasteiger partial charge on any atom is 0.133 e. The Morgan fingerprint density at radius 2 is 2.06 bits per heavy atom. The van der Waals surface area contributed by atoms with Gasteiger partial charge in [0, 0.05) is 12.8 Å². The summed E-state index contributed by atoms with van der Waals surface area (Å²) in [5, 5.41) is 10.6. The third kappa shape index (κ3) is 2.91. The number of carbonyl (C=O) groups excluding carboxylic acids is 1. The smallest absolute Gasteiger partial charge is 0.133 e. The Bertz CT molecular complexity index is 416. The van der Waals surface area contributed by atoms with Crippen LogP contribution in [0.4, 0.5) is 0 Å². The van der Waals surface area contributed by atoms with Crippen molar-refractivity contribution >= 4 is 5.78 Å². The van der Waals surface area contributed by atoms with E-state index < -0.39 is 5.60 Å². The summed E-state index contributed by atoms with van der Waals surface area (Å²) < 4.78 is 5.57. The fourth-order valence-electron chi connectivity index (χ4n) is 2.33. The molecule has 18 heavy (non-hydrogen) atoms. The minimum absolute atomic E-state index is 0.248. The number of ketones is 1. The Morgan fingerprint density at radius 3 is 2.72 bits per heavy atom. The van der Waals surface area contributed by atoms with Gasteiger partial charge in [0.05, 0.1) is 12.2 Å². The Kier molecular flexibility index (Phi) is 4.02. The van der Waals surface area contributed by atoms with Gasteiger partial charge in [0.15, 0.2) is 0 Å². The summed E-state index contributed by atoms with van der Waals surface area (Å²) in [4.78, 5) is 11.3. The van der Waals surface area contributed by atoms with E-state index >= 15 is 0 Å². The molecule has 1 aliphatic rings. The van der Waals surface area contributed by atoms with Crippen LogP contribution < -0.4 is 4.74 Å². The van der Waals surface area contributed by atoms with Crippen molar-refractivity contribution in [3.05, 3.63) is 29.8 Å². The maximum absolute atomic E-state index is 11.3. The van der Waals surface area contributed by atoms with Crippen LogP contribution in [0, 0.1) is 0 Å². The first kappa shape index (κ1) is 13.1. The minimum Gasteiger partial charge on any atom is -0.494 e. The molecule has 0 saturated heterocycles. The monoisotopic (exact) mass is 248 g/mol. The van der Waals surface area contributed by atoms with E-state index in [1.807, 2.05) is 24.3 Å². The lowest BCUT2D eigenvalue weighted by Crippen LogP contribution is -2.31. The van der Waals surface area contributed by atoms with Crippen molar-refractivity contribution in [3.63, 3.8) is 0 Å². The molecule has 0 unspecified atom stereocenters. The van der Waals surface area contributed by atoms with E-state index in [-0.39, 0.29) is 5.78 Å². The van der Waals surface area contributed by atoms with Gasteiger partial charge in [0.25, 0.3) is 0 Å². The van der Waals surface area contributed by atoms with Crippen molar-refractivity contribution < 1.29 is 14.6 Å². The van der Waals surface area contributed by atoms with Gasteiger partial charge in [-0.05, 0) is 37.0 Å². The van der Waals surface area contributed by atoms with Gasteiger partial charge in [-0.1, -0.05) is 19.1 Å². The highest BCUT2D eigenvalue weighted by molar-refractivity contribution is 5.79. The molecule has 1 aliphatic carbocycles. The van der Waals surface area contributed by atoms with Gasteiger partial charge in [-0.3, -0.25) is 4.79 Å². The standard InChI is InChI=1S/C15H20O3/c1-2-10-18-14-5-3-4-12(11-14)15(17)8-6-13(16)7-9-15/h3-5,11,17H,2,6-10H2,1H3. The number of Topliss-reactive ketones (excluding diaryl/α,β-unsaturated/α-hetero) is 1. The number of carbonyl (C=O) groups is 1. The van der Waals surface area contributed by atoms with Crippen molar-refractivity contribution in [2.45, 2.75) is 44.6 Å². The summed E-state index contributed by atoms with van der Waals surface area (Å²) in [6, 6.07) is 7.60. The second-order valence-corrected chi connectivity index (χ2v) is 4.95. The molecule has 1 N–H and O–H groups in total. The predicted molar refractivity (Wildman–Crippen MR) is 69.6 cm³/mol. The molecular weight excluding hydrogens is 228 g/mol. The first-order valence-corrected chi connectivity index (χ1v) is 6.61. The molecule has 3 heteroatoms. The molecule has 1 aromatic rings. The summed E-state index contributed by atoms with van der Waals surface area (Å²) in [7, 11) is 0. The summed E-state index contributed by atoms with van der Waals surface area (Å²) in [6.45, 7) is 2.74. The number of aliphatic hydroxyl groups is 1. The highest BCUT2D eigenvalue weighted by Gasteiger charge is 2.34. The fraction of sp³-hybridized carbons (Fsp3) is 0.533. The van der Waals surface area contributed by atoms with Crippen LogP contribution in [-0.4, -0.2) is 17.5 Å². The van der Waals surface area contributed by atoms with Crippen LogP contribution in [-0.2, 0) is 10.4 Å². The van der Waals surface area contributed by atoms with Crippen LogP contribution in [0.2, 0.25) is 0 Å². The van der Waals surface area contributed by atoms with Crippen molar-refractivity contribution in [3.8, 4) is 5.75 Å². The van der Waals surface area contributed by atoms with Crippen LogP contribution in [0.5, 0.6) is 5.75 Å². The van der Waals surface area contributed by atoms with Crippen LogP contribution in [0.25, 0.3) is 0 Å². The second kappa shape index (κ2) is 5.53. The molecule has 0 aliphatic heterocycles. The van der Waals surface area contributed by atoms with Gasteiger partial charge in [-0.2, -0.15) is 0 Å². The molecule has 0 radical (unpaired) electrons. The molecule has 0 amide bonds. The summed E-state index contributed by atoms with van der Waals surface area (Å²) in [5.74, 6) is 1.04. The zero-order chi connectivity index (χ0) is 13.0. The van der Waals surface area contributed by atoms with Gasteiger partial charge in [0.1, 0.15) is 11.5 Å². The fourth-order valence-corrected chi connectivity index (χ4v) is 2.33. The molecular formula is C15H20O3. The molecule has 0 heterocycles. The van der Waals surface area contributed by atoms with Crippen molar-refractivity contribution in [2.24, 2.45) is 0 Å². The normalized spacial score (nSPS) is 18.7. The van der Waals surface area contributed by atoms with E-state index in [0.717, 1.165) is 17.7 Å². The summed E-state index contributed by atoms with van der Waals surface area (Å²) in [6.07, 6.45) is 2.93. The minimum atomic E-state index is -0.862. The Hall–Kier alpha value is -1.35. The molecule has 3 nitrogen and oxygen atoms in total. The lowest BCUT2D eigenvalue weighted by Gasteiger charge is -2.32. The van der Waals surface area contributed by atoms with E-state index in [9.17, 15) is 9.90 Å². The largest absolute Gasteiger partial charge is 0.494 e. The lowest BCUT2D eigenvalue weighted by molar-refractivity contribution is -0.125. The first-order chi connectivity index (χ1) is 8.64. The van der Waals surface area contributed by atoms with Crippen molar-refractivity contribution in [1.82, 2.24) is 0 Å². The van der Waals surface area contributed by atoms with Crippen molar-refractivity contribution in [2.75, 3.05) is 6.61 Å². The average molecular weight is 248 g/mol. The third-order valence-corrected chi connectivity index (χ3v) is 3.48. The van der Waals surface area contributed by atoms with Gasteiger partial charge in [0.2, 0.25) is 0 Å². The number of rotatable bonds is 4. The average Bonchev–Trinajstić information content (AvgIpc) is 2.40. The lowest BCUT2D eigenvalue weighted by atomic mass is 9.79. The van der Waals surface area contributed by atoms with Crippen LogP contribution >= 0.6 is 0 Å². The maximum atomic E-state index is 11.3. The number of ether oxygens (including phenoxy) is 1. The van der Waals surface area contributed by atoms with Gasteiger partial charge >= 0.3 is 0 Å². The highest BCUT2D eigenvalue weighted by Crippen LogP contribution is 2.36. The van der Waals surface area contributed by atoms with Gasteiger partial charge < -0.3 is 9.84 Å². The van der Waals surface area contributed by atoms with E-state index in [1.54, 1.807) is 0 Å². The molecule has 1 aromatic carbocycles. The molecule has 0 bridgehead atoms. The highest BCUT2D eigenvalue weighted by atomic mass is 16.5. The van der Waals surface area contributed by atoms with E-state index in [4.69, 9.17) is 4.74 Å². The van der Waals surface area contributed by atoms with Gasteiger partial charge in [-0.15, -0.1) is 0 Å².